The fourth-order valence-electron chi connectivity index (χ4n) is 2.75. The van der Waals surface area contributed by atoms with Crippen molar-refractivity contribution in [2.75, 3.05) is 13.3 Å². The third kappa shape index (κ3) is 3.51. The highest BCUT2D eigenvalue weighted by Crippen LogP contribution is 2.36. The van der Waals surface area contributed by atoms with E-state index in [4.69, 9.17) is 14.6 Å². The molecule has 5 nitrogen and oxygen atoms in total. The van der Waals surface area contributed by atoms with Crippen molar-refractivity contribution >= 4 is 5.97 Å². The summed E-state index contributed by atoms with van der Waals surface area (Å²) in [7, 11) is 0. The minimum atomic E-state index is -0.905. The zero-order valence-electron chi connectivity index (χ0n) is 13.8. The summed E-state index contributed by atoms with van der Waals surface area (Å²) in [6, 6.07) is 13.0. The smallest absolute Gasteiger partial charge is 0.335 e. The van der Waals surface area contributed by atoms with Crippen LogP contribution in [0, 0.1) is 0 Å². The van der Waals surface area contributed by atoms with E-state index >= 15 is 0 Å². The number of rotatable bonds is 6. The summed E-state index contributed by atoms with van der Waals surface area (Å²) < 4.78 is 10.8. The quantitative estimate of drug-likeness (QED) is 0.853. The van der Waals surface area contributed by atoms with Gasteiger partial charge >= 0.3 is 5.97 Å². The summed E-state index contributed by atoms with van der Waals surface area (Å²) in [6.45, 7) is 5.97. The van der Waals surface area contributed by atoms with Crippen LogP contribution in [0.3, 0.4) is 0 Å². The molecule has 0 unspecified atom stereocenters. The number of aromatic carboxylic acids is 1. The summed E-state index contributed by atoms with van der Waals surface area (Å²) in [5.41, 5.74) is 2.34. The second-order valence-electron chi connectivity index (χ2n) is 6.56. The van der Waals surface area contributed by atoms with Crippen LogP contribution >= 0.6 is 0 Å². The molecule has 0 atom stereocenters. The lowest BCUT2D eigenvalue weighted by Gasteiger charge is -2.26. The van der Waals surface area contributed by atoms with Gasteiger partial charge in [0.05, 0.1) is 5.56 Å². The topological polar surface area (TPSA) is 67.8 Å². The maximum Gasteiger partial charge on any atom is 0.335 e. The molecular formula is C19H21NO4. The van der Waals surface area contributed by atoms with Gasteiger partial charge in [-0.25, -0.2) is 4.79 Å². The normalized spacial score (nSPS) is 13.1. The predicted octanol–water partition coefficient (Wildman–Crippen LogP) is 3.18. The Morgan fingerprint density at radius 1 is 1.17 bits per heavy atom. The van der Waals surface area contributed by atoms with E-state index in [1.165, 1.54) is 5.56 Å². The maximum atomic E-state index is 11.0. The van der Waals surface area contributed by atoms with E-state index in [-0.39, 0.29) is 12.2 Å². The number of carbonyl (C=O) groups is 1. The Morgan fingerprint density at radius 2 is 1.96 bits per heavy atom. The first kappa shape index (κ1) is 16.3. The highest BCUT2D eigenvalue weighted by molar-refractivity contribution is 5.87. The van der Waals surface area contributed by atoms with Crippen molar-refractivity contribution in [3.63, 3.8) is 0 Å². The standard InChI is InChI=1S/C19H21NO4/c1-19(2,15-6-7-16-17(9-15)24-12-23-16)11-20-10-13-4-3-5-14(8-13)18(21)22/h3-9,20H,10-12H2,1-2H3,(H,21,22). The minimum absolute atomic E-state index is 0.0919. The molecule has 0 bridgehead atoms. The van der Waals surface area contributed by atoms with E-state index in [0.717, 1.165) is 23.6 Å². The monoisotopic (exact) mass is 327 g/mol. The van der Waals surface area contributed by atoms with Gasteiger partial charge in [0.1, 0.15) is 0 Å². The highest BCUT2D eigenvalue weighted by Gasteiger charge is 2.23. The highest BCUT2D eigenvalue weighted by atomic mass is 16.7. The molecular weight excluding hydrogens is 306 g/mol. The molecule has 5 heteroatoms. The molecule has 1 aliphatic heterocycles. The first-order chi connectivity index (χ1) is 11.5. The zero-order valence-corrected chi connectivity index (χ0v) is 13.8. The molecule has 0 amide bonds. The number of nitrogens with one attached hydrogen (secondary N) is 1. The van der Waals surface area contributed by atoms with Gasteiger partial charge in [0.25, 0.3) is 0 Å². The average molecular weight is 327 g/mol. The van der Waals surface area contributed by atoms with Crippen molar-refractivity contribution < 1.29 is 19.4 Å². The van der Waals surface area contributed by atoms with E-state index in [9.17, 15) is 4.79 Å². The van der Waals surface area contributed by atoms with Crippen molar-refractivity contribution in [2.45, 2.75) is 25.8 Å². The summed E-state index contributed by atoms with van der Waals surface area (Å²) in [6.07, 6.45) is 0. The second kappa shape index (κ2) is 6.53. The summed E-state index contributed by atoms with van der Waals surface area (Å²) in [4.78, 5) is 11.0. The van der Waals surface area contributed by atoms with Gasteiger partial charge in [0.15, 0.2) is 11.5 Å². The Labute approximate surface area is 141 Å². The lowest BCUT2D eigenvalue weighted by atomic mass is 9.84. The molecule has 0 saturated heterocycles. The lowest BCUT2D eigenvalue weighted by molar-refractivity contribution is 0.0696. The fourth-order valence-corrected chi connectivity index (χ4v) is 2.75. The molecule has 0 radical (unpaired) electrons. The molecule has 1 heterocycles. The van der Waals surface area contributed by atoms with Gasteiger partial charge in [-0.05, 0) is 35.4 Å². The van der Waals surface area contributed by atoms with Crippen LogP contribution in [0.1, 0.15) is 35.3 Å². The van der Waals surface area contributed by atoms with Crippen LogP contribution < -0.4 is 14.8 Å². The molecule has 1 aliphatic rings. The van der Waals surface area contributed by atoms with Gasteiger partial charge in [-0.1, -0.05) is 32.0 Å². The third-order valence-electron chi connectivity index (χ3n) is 4.22. The summed E-state index contributed by atoms with van der Waals surface area (Å²) >= 11 is 0. The zero-order chi connectivity index (χ0) is 17.2. The van der Waals surface area contributed by atoms with Crippen molar-refractivity contribution in [1.82, 2.24) is 5.32 Å². The minimum Gasteiger partial charge on any atom is -0.478 e. The Morgan fingerprint density at radius 3 is 2.75 bits per heavy atom. The molecule has 0 aliphatic carbocycles. The SMILES string of the molecule is CC(C)(CNCc1cccc(C(=O)O)c1)c1ccc2c(c1)OCO2. The molecule has 24 heavy (non-hydrogen) atoms. The number of hydrogen-bond acceptors (Lipinski definition) is 4. The molecule has 2 aromatic carbocycles. The molecule has 0 spiro atoms. The first-order valence-corrected chi connectivity index (χ1v) is 7.89. The third-order valence-corrected chi connectivity index (χ3v) is 4.22. The van der Waals surface area contributed by atoms with Crippen LogP contribution in [0.5, 0.6) is 11.5 Å². The van der Waals surface area contributed by atoms with Crippen LogP contribution in [0.15, 0.2) is 42.5 Å². The first-order valence-electron chi connectivity index (χ1n) is 7.89. The van der Waals surface area contributed by atoms with E-state index < -0.39 is 5.97 Å². The molecule has 2 N–H and O–H groups in total. The summed E-state index contributed by atoms with van der Waals surface area (Å²) in [5, 5.41) is 12.5. The largest absolute Gasteiger partial charge is 0.478 e. The number of hydrogen-bond donors (Lipinski definition) is 2. The van der Waals surface area contributed by atoms with Gasteiger partial charge < -0.3 is 19.9 Å². The van der Waals surface area contributed by atoms with Gasteiger partial charge in [0, 0.05) is 18.5 Å². The van der Waals surface area contributed by atoms with E-state index in [1.807, 2.05) is 18.2 Å². The van der Waals surface area contributed by atoms with Gasteiger partial charge in [0.2, 0.25) is 6.79 Å². The molecule has 3 rings (SSSR count). The van der Waals surface area contributed by atoms with Crippen LogP contribution in [-0.2, 0) is 12.0 Å². The lowest BCUT2D eigenvalue weighted by Crippen LogP contribution is -2.32. The molecule has 0 fully saturated rings. The Kier molecular flexibility index (Phi) is 4.44. The van der Waals surface area contributed by atoms with Crippen molar-refractivity contribution in [2.24, 2.45) is 0 Å². The Bertz CT molecular complexity index is 755. The second-order valence-corrected chi connectivity index (χ2v) is 6.56. The van der Waals surface area contributed by atoms with Crippen molar-refractivity contribution in [1.29, 1.82) is 0 Å². The molecule has 0 aromatic heterocycles. The predicted molar refractivity (Wildman–Crippen MR) is 90.7 cm³/mol. The van der Waals surface area contributed by atoms with E-state index in [2.05, 4.69) is 25.2 Å². The Balaban J connectivity index is 1.63. The number of carboxylic acids is 1. The van der Waals surface area contributed by atoms with Crippen LogP contribution in [-0.4, -0.2) is 24.4 Å². The van der Waals surface area contributed by atoms with Crippen molar-refractivity contribution in [3.05, 3.63) is 59.2 Å². The van der Waals surface area contributed by atoms with Gasteiger partial charge in [-0.2, -0.15) is 0 Å². The van der Waals surface area contributed by atoms with E-state index in [0.29, 0.717) is 12.1 Å². The number of carboxylic acid groups (broad SMARTS) is 1. The van der Waals surface area contributed by atoms with Crippen LogP contribution in [0.4, 0.5) is 0 Å². The number of benzene rings is 2. The molecule has 2 aromatic rings. The molecule has 126 valence electrons. The van der Waals surface area contributed by atoms with Crippen LogP contribution in [0.25, 0.3) is 0 Å². The number of fused-ring (bicyclic) bond motifs is 1. The van der Waals surface area contributed by atoms with Gasteiger partial charge in [-0.15, -0.1) is 0 Å². The number of ether oxygens (including phenoxy) is 2. The van der Waals surface area contributed by atoms with E-state index in [1.54, 1.807) is 18.2 Å². The fraction of sp³-hybridized carbons (Fsp3) is 0.316. The summed E-state index contributed by atoms with van der Waals surface area (Å²) in [5.74, 6) is 0.667. The van der Waals surface area contributed by atoms with Crippen molar-refractivity contribution in [3.8, 4) is 11.5 Å². The Hall–Kier alpha value is -2.53. The molecule has 0 saturated carbocycles. The average Bonchev–Trinajstić information content (AvgIpc) is 3.02. The van der Waals surface area contributed by atoms with Gasteiger partial charge in [-0.3, -0.25) is 0 Å². The maximum absolute atomic E-state index is 11.0. The van der Waals surface area contributed by atoms with Crippen LogP contribution in [0.2, 0.25) is 0 Å².